The van der Waals surface area contributed by atoms with Crippen molar-refractivity contribution in [3.05, 3.63) is 42.5 Å². The van der Waals surface area contributed by atoms with Crippen LogP contribution >= 0.6 is 0 Å². The van der Waals surface area contributed by atoms with Crippen LogP contribution in [0.25, 0.3) is 22.6 Å². The number of amides is 1. The number of fused-ring (bicyclic) bond motifs is 1. The lowest BCUT2D eigenvalue weighted by Gasteiger charge is -2.06. The van der Waals surface area contributed by atoms with Crippen LogP contribution in [0, 0.1) is 5.92 Å². The second-order valence-electron chi connectivity index (χ2n) is 5.58. The summed E-state index contributed by atoms with van der Waals surface area (Å²) in [6, 6.07) is 13.0. The van der Waals surface area contributed by atoms with Crippen LogP contribution in [0.4, 0.5) is 5.69 Å². The summed E-state index contributed by atoms with van der Waals surface area (Å²) in [5, 5.41) is 2.85. The van der Waals surface area contributed by atoms with Crippen molar-refractivity contribution in [1.29, 1.82) is 0 Å². The van der Waals surface area contributed by atoms with Gasteiger partial charge in [0, 0.05) is 23.2 Å². The monoisotopic (exact) mass is 310 g/mol. The van der Waals surface area contributed by atoms with Gasteiger partial charge in [-0.2, -0.15) is 0 Å². The molecule has 1 aromatic heterocycles. The zero-order valence-electron chi connectivity index (χ0n) is 13.3. The van der Waals surface area contributed by atoms with E-state index in [0.29, 0.717) is 17.2 Å². The summed E-state index contributed by atoms with van der Waals surface area (Å²) >= 11 is 0. The number of carbonyl (C=O) groups excluding carboxylic acids is 1. The van der Waals surface area contributed by atoms with Crippen LogP contribution in [0.1, 0.15) is 13.8 Å². The summed E-state index contributed by atoms with van der Waals surface area (Å²) in [6.07, 6.45) is 0. The van der Waals surface area contributed by atoms with Gasteiger partial charge in [-0.05, 0) is 30.3 Å². The fourth-order valence-electron chi connectivity index (χ4n) is 2.17. The van der Waals surface area contributed by atoms with E-state index in [4.69, 9.17) is 9.15 Å². The molecule has 1 N–H and O–H groups in total. The molecule has 0 aliphatic rings. The quantitative estimate of drug-likeness (QED) is 0.788. The number of ether oxygens (including phenoxy) is 1. The molecule has 23 heavy (non-hydrogen) atoms. The maximum atomic E-state index is 11.8. The summed E-state index contributed by atoms with van der Waals surface area (Å²) in [6.45, 7) is 3.70. The maximum absolute atomic E-state index is 11.8. The third kappa shape index (κ3) is 3.18. The number of carbonyl (C=O) groups is 1. The molecule has 0 bridgehead atoms. The smallest absolute Gasteiger partial charge is 0.227 e. The highest BCUT2D eigenvalue weighted by Gasteiger charge is 2.11. The van der Waals surface area contributed by atoms with Gasteiger partial charge in [0.05, 0.1) is 7.11 Å². The third-order valence-corrected chi connectivity index (χ3v) is 3.50. The van der Waals surface area contributed by atoms with Crippen molar-refractivity contribution in [2.24, 2.45) is 5.92 Å². The molecule has 1 amide bonds. The second kappa shape index (κ2) is 6.12. The molecule has 0 atom stereocenters. The molecule has 2 aromatic carbocycles. The van der Waals surface area contributed by atoms with Crippen molar-refractivity contribution in [2.45, 2.75) is 13.8 Å². The van der Waals surface area contributed by atoms with Gasteiger partial charge in [0.25, 0.3) is 0 Å². The fraction of sp³-hybridized carbons (Fsp3) is 0.222. The number of anilines is 1. The first-order chi connectivity index (χ1) is 11.1. The van der Waals surface area contributed by atoms with E-state index in [0.717, 1.165) is 16.8 Å². The molecule has 3 rings (SSSR count). The van der Waals surface area contributed by atoms with Gasteiger partial charge in [-0.3, -0.25) is 4.79 Å². The van der Waals surface area contributed by atoms with Crippen molar-refractivity contribution in [2.75, 3.05) is 12.4 Å². The molecule has 0 aliphatic carbocycles. The van der Waals surface area contributed by atoms with Crippen LogP contribution in [0.2, 0.25) is 0 Å². The van der Waals surface area contributed by atoms with Crippen LogP contribution in [-0.4, -0.2) is 18.0 Å². The Labute approximate surface area is 134 Å². The number of hydrogen-bond acceptors (Lipinski definition) is 4. The number of hydrogen-bond donors (Lipinski definition) is 1. The molecule has 5 heteroatoms. The maximum Gasteiger partial charge on any atom is 0.227 e. The summed E-state index contributed by atoms with van der Waals surface area (Å²) in [5.74, 6) is 1.16. The minimum Gasteiger partial charge on any atom is -0.497 e. The minimum absolute atomic E-state index is 0.0307. The van der Waals surface area contributed by atoms with Gasteiger partial charge in [0.2, 0.25) is 11.8 Å². The van der Waals surface area contributed by atoms with Gasteiger partial charge in [-0.25, -0.2) is 4.98 Å². The molecule has 0 spiro atoms. The molecule has 118 valence electrons. The van der Waals surface area contributed by atoms with E-state index in [1.807, 2.05) is 50.2 Å². The Morgan fingerprint density at radius 1 is 1.22 bits per heavy atom. The molecule has 0 saturated heterocycles. The van der Waals surface area contributed by atoms with Crippen LogP contribution in [-0.2, 0) is 4.79 Å². The summed E-state index contributed by atoms with van der Waals surface area (Å²) in [5.41, 5.74) is 2.91. The van der Waals surface area contributed by atoms with Crippen LogP contribution in [0.15, 0.2) is 46.9 Å². The fourth-order valence-corrected chi connectivity index (χ4v) is 2.17. The number of aromatic nitrogens is 1. The number of oxazole rings is 1. The van der Waals surface area contributed by atoms with Crippen molar-refractivity contribution >= 4 is 22.7 Å². The van der Waals surface area contributed by atoms with Gasteiger partial charge in [0.15, 0.2) is 5.58 Å². The number of methoxy groups -OCH3 is 1. The van der Waals surface area contributed by atoms with Gasteiger partial charge >= 0.3 is 0 Å². The molecular formula is C18H18N2O3. The second-order valence-corrected chi connectivity index (χ2v) is 5.58. The molecule has 0 fully saturated rings. The molecule has 1 heterocycles. The van der Waals surface area contributed by atoms with Crippen molar-refractivity contribution in [3.8, 4) is 17.2 Å². The first-order valence-electron chi connectivity index (χ1n) is 7.42. The molecule has 0 aliphatic heterocycles. The lowest BCUT2D eigenvalue weighted by atomic mass is 10.2. The third-order valence-electron chi connectivity index (χ3n) is 3.50. The van der Waals surface area contributed by atoms with Crippen LogP contribution in [0.3, 0.4) is 0 Å². The zero-order chi connectivity index (χ0) is 16.4. The predicted molar refractivity (Wildman–Crippen MR) is 89.5 cm³/mol. The highest BCUT2D eigenvalue weighted by molar-refractivity contribution is 5.94. The zero-order valence-corrected chi connectivity index (χ0v) is 13.3. The number of nitrogens with zero attached hydrogens (tertiary/aromatic N) is 1. The van der Waals surface area contributed by atoms with E-state index in [1.165, 1.54) is 0 Å². The predicted octanol–water partition coefficient (Wildman–Crippen LogP) is 4.10. The number of rotatable bonds is 4. The molecule has 0 saturated carbocycles. The van der Waals surface area contributed by atoms with E-state index in [-0.39, 0.29) is 11.8 Å². The lowest BCUT2D eigenvalue weighted by molar-refractivity contribution is -0.118. The topological polar surface area (TPSA) is 64.4 Å². The van der Waals surface area contributed by atoms with E-state index >= 15 is 0 Å². The Kier molecular flexibility index (Phi) is 4.02. The van der Waals surface area contributed by atoms with Crippen molar-refractivity contribution < 1.29 is 13.9 Å². The highest BCUT2D eigenvalue weighted by atomic mass is 16.5. The standard InChI is InChI=1S/C18H18N2O3/c1-11(2)17(21)19-13-7-8-15-16(10-13)23-18(20-15)12-5-4-6-14(9-12)22-3/h4-11H,1-3H3,(H,19,21). The van der Waals surface area contributed by atoms with Gasteiger partial charge in [-0.15, -0.1) is 0 Å². The molecule has 5 nitrogen and oxygen atoms in total. The average molecular weight is 310 g/mol. The van der Waals surface area contributed by atoms with Gasteiger partial charge in [-0.1, -0.05) is 19.9 Å². The highest BCUT2D eigenvalue weighted by Crippen LogP contribution is 2.28. The van der Waals surface area contributed by atoms with E-state index in [9.17, 15) is 4.79 Å². The van der Waals surface area contributed by atoms with E-state index < -0.39 is 0 Å². The van der Waals surface area contributed by atoms with Crippen LogP contribution in [0.5, 0.6) is 5.75 Å². The Bertz CT molecular complexity index is 852. The SMILES string of the molecule is COc1cccc(-c2nc3ccc(NC(=O)C(C)C)cc3o2)c1. The Balaban J connectivity index is 1.94. The number of nitrogens with one attached hydrogen (secondary N) is 1. The molecule has 3 aromatic rings. The largest absolute Gasteiger partial charge is 0.497 e. The molecular weight excluding hydrogens is 292 g/mol. The first-order valence-corrected chi connectivity index (χ1v) is 7.42. The Morgan fingerprint density at radius 2 is 2.04 bits per heavy atom. The Hall–Kier alpha value is -2.82. The minimum atomic E-state index is -0.0761. The molecule has 0 radical (unpaired) electrons. The Morgan fingerprint density at radius 3 is 2.78 bits per heavy atom. The van der Waals surface area contributed by atoms with Gasteiger partial charge < -0.3 is 14.5 Å². The molecule has 0 unspecified atom stereocenters. The number of benzene rings is 2. The van der Waals surface area contributed by atoms with Crippen molar-refractivity contribution in [3.63, 3.8) is 0 Å². The van der Waals surface area contributed by atoms with Gasteiger partial charge in [0.1, 0.15) is 11.3 Å². The average Bonchev–Trinajstić information content (AvgIpc) is 2.98. The lowest BCUT2D eigenvalue weighted by Crippen LogP contribution is -2.17. The van der Waals surface area contributed by atoms with E-state index in [2.05, 4.69) is 10.3 Å². The van der Waals surface area contributed by atoms with E-state index in [1.54, 1.807) is 13.2 Å². The van der Waals surface area contributed by atoms with Crippen molar-refractivity contribution in [1.82, 2.24) is 4.98 Å². The normalized spacial score (nSPS) is 11.0. The first kappa shape index (κ1) is 15.1. The summed E-state index contributed by atoms with van der Waals surface area (Å²) in [4.78, 5) is 16.3. The van der Waals surface area contributed by atoms with Crippen LogP contribution < -0.4 is 10.1 Å². The summed E-state index contributed by atoms with van der Waals surface area (Å²) < 4.78 is 11.0. The summed E-state index contributed by atoms with van der Waals surface area (Å²) in [7, 11) is 1.62.